The summed E-state index contributed by atoms with van der Waals surface area (Å²) < 4.78 is 25.3. The van der Waals surface area contributed by atoms with E-state index in [1.54, 1.807) is 0 Å². The molecule has 6 nitrogen and oxygen atoms in total. The highest BCUT2D eigenvalue weighted by molar-refractivity contribution is 6.31. The van der Waals surface area contributed by atoms with Crippen LogP contribution in [-0.4, -0.2) is 47.9 Å². The summed E-state index contributed by atoms with van der Waals surface area (Å²) in [6.07, 6.45) is 1.18. The largest absolute Gasteiger partial charge is 0.480 e. The highest BCUT2D eigenvalue weighted by Gasteiger charge is 2.36. The number of nitrogens with zero attached hydrogens (tertiary/aromatic N) is 4. The van der Waals surface area contributed by atoms with Gasteiger partial charge >= 0.3 is 0 Å². The molecule has 2 saturated heterocycles. The van der Waals surface area contributed by atoms with Crippen molar-refractivity contribution in [1.29, 1.82) is 0 Å². The first-order valence-corrected chi connectivity index (χ1v) is 7.95. The second kappa shape index (κ2) is 5.58. The smallest absolute Gasteiger partial charge is 0.228 e. The molecule has 2 bridgehead atoms. The summed E-state index contributed by atoms with van der Waals surface area (Å²) in [5, 5.41) is 0.0202. The third-order valence-corrected chi connectivity index (χ3v) is 4.64. The van der Waals surface area contributed by atoms with Gasteiger partial charge in [-0.15, -0.1) is 0 Å². The summed E-state index contributed by atoms with van der Waals surface area (Å²) in [6.45, 7) is 2.15. The van der Waals surface area contributed by atoms with Gasteiger partial charge in [-0.3, -0.25) is 0 Å². The summed E-state index contributed by atoms with van der Waals surface area (Å²) >= 11 is 11.8. The van der Waals surface area contributed by atoms with Crippen LogP contribution in [-0.2, 0) is 4.74 Å². The van der Waals surface area contributed by atoms with Gasteiger partial charge in [0.2, 0.25) is 11.2 Å². The molecule has 2 unspecified atom stereocenters. The Labute approximate surface area is 141 Å². The number of halogens is 3. The fourth-order valence-electron chi connectivity index (χ4n) is 3.29. The molecule has 2 aliphatic rings. The molecule has 0 amide bonds. The molecule has 0 saturated carbocycles. The Hall–Kier alpha value is -1.44. The molecule has 2 atom stereocenters. The lowest BCUT2D eigenvalue weighted by atomic mass is 10.00. The zero-order valence-electron chi connectivity index (χ0n) is 12.2. The second-order valence-corrected chi connectivity index (χ2v) is 6.42. The minimum atomic E-state index is -0.732. The number of hydrogen-bond donors (Lipinski definition) is 0. The van der Waals surface area contributed by atoms with Gasteiger partial charge in [0.15, 0.2) is 11.0 Å². The van der Waals surface area contributed by atoms with Gasteiger partial charge in [-0.1, -0.05) is 11.6 Å². The average Bonchev–Trinajstić information content (AvgIpc) is 2.88. The van der Waals surface area contributed by atoms with E-state index >= 15 is 0 Å². The van der Waals surface area contributed by atoms with Gasteiger partial charge in [0.05, 0.1) is 19.8 Å². The summed E-state index contributed by atoms with van der Waals surface area (Å²) in [6, 6.07) is 0. The van der Waals surface area contributed by atoms with Crippen LogP contribution in [0.3, 0.4) is 0 Å². The Balaban J connectivity index is 1.93. The number of rotatable bonds is 2. The Morgan fingerprint density at radius 2 is 2.09 bits per heavy atom. The normalized spacial score (nSPS) is 23.6. The van der Waals surface area contributed by atoms with Gasteiger partial charge in [0.25, 0.3) is 0 Å². The van der Waals surface area contributed by atoms with Crippen molar-refractivity contribution in [2.24, 2.45) is 5.92 Å². The van der Waals surface area contributed by atoms with Crippen molar-refractivity contribution in [3.05, 3.63) is 16.3 Å². The van der Waals surface area contributed by atoms with Crippen molar-refractivity contribution in [1.82, 2.24) is 15.0 Å². The fourth-order valence-corrected chi connectivity index (χ4v) is 3.62. The monoisotopic (exact) mass is 358 g/mol. The van der Waals surface area contributed by atoms with Crippen molar-refractivity contribution in [2.45, 2.75) is 12.5 Å². The Kier molecular flexibility index (Phi) is 3.66. The van der Waals surface area contributed by atoms with Crippen molar-refractivity contribution < 1.29 is 13.9 Å². The van der Waals surface area contributed by atoms with Crippen LogP contribution < -0.4 is 9.64 Å². The lowest BCUT2D eigenvalue weighted by Crippen LogP contribution is -2.40. The molecule has 0 aliphatic carbocycles. The third kappa shape index (κ3) is 2.47. The molecule has 4 heterocycles. The van der Waals surface area contributed by atoms with Crippen LogP contribution in [0.5, 0.6) is 5.88 Å². The van der Waals surface area contributed by atoms with Crippen molar-refractivity contribution in [2.75, 3.05) is 31.7 Å². The number of piperidine rings is 1. The summed E-state index contributed by atoms with van der Waals surface area (Å²) in [5.74, 6) is 0.370. The maximum absolute atomic E-state index is 14.4. The molecular weight excluding hydrogens is 346 g/mol. The summed E-state index contributed by atoms with van der Waals surface area (Å²) in [5.41, 5.74) is 0.00990. The van der Waals surface area contributed by atoms with Crippen molar-refractivity contribution in [3.8, 4) is 5.88 Å². The third-order valence-electron chi connectivity index (χ3n) is 4.22. The average molecular weight is 359 g/mol. The standard InChI is InChI=1S/C14H13Cl2FN4O2/c1-22-13-8-10(9(17)11(15)19-13)18-14(16)20-12(8)21-3-6-2-7(4-21)23-5-6/h6-7H,2-5H2,1H3. The number of aromatic nitrogens is 3. The van der Waals surface area contributed by atoms with Gasteiger partial charge in [-0.25, -0.2) is 9.37 Å². The highest BCUT2D eigenvalue weighted by Crippen LogP contribution is 2.38. The van der Waals surface area contributed by atoms with E-state index in [-0.39, 0.29) is 27.9 Å². The number of methoxy groups -OCH3 is 1. The highest BCUT2D eigenvalue weighted by atomic mass is 35.5. The zero-order valence-corrected chi connectivity index (χ0v) is 13.7. The van der Waals surface area contributed by atoms with Crippen molar-refractivity contribution >= 4 is 39.9 Å². The molecule has 2 fully saturated rings. The first-order valence-electron chi connectivity index (χ1n) is 7.19. The molecule has 0 spiro atoms. The number of ether oxygens (including phenoxy) is 2. The summed E-state index contributed by atoms with van der Waals surface area (Å²) in [7, 11) is 1.44. The first kappa shape index (κ1) is 15.1. The predicted octanol–water partition coefficient (Wildman–Crippen LogP) is 2.70. The van der Waals surface area contributed by atoms with Crippen LogP contribution in [0.2, 0.25) is 10.4 Å². The van der Waals surface area contributed by atoms with E-state index in [2.05, 4.69) is 15.0 Å². The number of fused-ring (bicyclic) bond motifs is 3. The number of hydrogen-bond acceptors (Lipinski definition) is 6. The maximum Gasteiger partial charge on any atom is 0.228 e. The van der Waals surface area contributed by atoms with Gasteiger partial charge in [-0.2, -0.15) is 9.97 Å². The predicted molar refractivity (Wildman–Crippen MR) is 83.9 cm³/mol. The van der Waals surface area contributed by atoms with Gasteiger partial charge in [0, 0.05) is 19.0 Å². The van der Waals surface area contributed by atoms with Crippen LogP contribution in [0.15, 0.2) is 0 Å². The molecule has 2 aliphatic heterocycles. The van der Waals surface area contributed by atoms with Gasteiger partial charge in [-0.05, 0) is 18.0 Å². The quantitative estimate of drug-likeness (QED) is 0.607. The molecule has 9 heteroatoms. The molecule has 0 N–H and O–H groups in total. The van der Waals surface area contributed by atoms with Crippen LogP contribution in [0.1, 0.15) is 6.42 Å². The van der Waals surface area contributed by atoms with E-state index in [4.69, 9.17) is 32.7 Å². The molecule has 4 rings (SSSR count). The minimum absolute atomic E-state index is 0.00990. The van der Waals surface area contributed by atoms with E-state index in [0.717, 1.165) is 19.6 Å². The first-order chi connectivity index (χ1) is 11.1. The molecule has 0 aromatic carbocycles. The Bertz CT molecular complexity index is 779. The van der Waals surface area contributed by atoms with Crippen LogP contribution in [0, 0.1) is 11.7 Å². The van der Waals surface area contributed by atoms with Crippen LogP contribution in [0.25, 0.3) is 10.9 Å². The maximum atomic E-state index is 14.4. The Morgan fingerprint density at radius 3 is 2.83 bits per heavy atom. The Morgan fingerprint density at radius 1 is 1.26 bits per heavy atom. The SMILES string of the molecule is COc1nc(Cl)c(F)c2nc(Cl)nc(N3CC4COC(C4)C3)c12. The molecule has 23 heavy (non-hydrogen) atoms. The molecular formula is C14H13Cl2FN4O2. The molecule has 2 aromatic heterocycles. The van der Waals surface area contributed by atoms with E-state index in [0.29, 0.717) is 23.7 Å². The molecule has 2 aromatic rings. The van der Waals surface area contributed by atoms with E-state index in [1.165, 1.54) is 7.11 Å². The van der Waals surface area contributed by atoms with Crippen LogP contribution >= 0.6 is 23.2 Å². The zero-order chi connectivity index (χ0) is 16.1. The molecule has 0 radical (unpaired) electrons. The second-order valence-electron chi connectivity index (χ2n) is 5.73. The number of anilines is 1. The van der Waals surface area contributed by atoms with E-state index < -0.39 is 5.82 Å². The van der Waals surface area contributed by atoms with Crippen molar-refractivity contribution in [3.63, 3.8) is 0 Å². The number of pyridine rings is 1. The van der Waals surface area contributed by atoms with E-state index in [9.17, 15) is 4.39 Å². The lowest BCUT2D eigenvalue weighted by Gasteiger charge is -2.32. The fraction of sp³-hybridized carbons (Fsp3) is 0.500. The lowest BCUT2D eigenvalue weighted by molar-refractivity contribution is 0.119. The minimum Gasteiger partial charge on any atom is -0.480 e. The van der Waals surface area contributed by atoms with Gasteiger partial charge in [0.1, 0.15) is 16.7 Å². The summed E-state index contributed by atoms with van der Waals surface area (Å²) in [4.78, 5) is 14.2. The molecule has 122 valence electrons. The topological polar surface area (TPSA) is 60.4 Å². The van der Waals surface area contributed by atoms with E-state index in [1.807, 2.05) is 4.90 Å². The van der Waals surface area contributed by atoms with Gasteiger partial charge < -0.3 is 14.4 Å². The van der Waals surface area contributed by atoms with Crippen LogP contribution in [0.4, 0.5) is 10.2 Å².